The van der Waals surface area contributed by atoms with Crippen LogP contribution in [0.15, 0.2) is 12.4 Å². The molecule has 0 aromatic carbocycles. The summed E-state index contributed by atoms with van der Waals surface area (Å²) in [6, 6.07) is 0.580. The maximum absolute atomic E-state index is 12.5. The first kappa shape index (κ1) is 13.6. The lowest BCUT2D eigenvalue weighted by atomic mass is 10.1. The van der Waals surface area contributed by atoms with E-state index in [0.717, 1.165) is 32.6 Å². The van der Waals surface area contributed by atoms with E-state index >= 15 is 0 Å². The molecule has 1 amide bonds. The summed E-state index contributed by atoms with van der Waals surface area (Å²) in [6.45, 7) is 8.22. The number of carbonyl (C=O) groups excluding carboxylic acids is 1. The molecule has 0 radical (unpaired) electrons. The molecule has 110 valence electrons. The number of rotatable bonds is 3. The fraction of sp³-hybridized carbons (Fsp3) is 0.733. The second-order valence-corrected chi connectivity index (χ2v) is 6.35. The van der Waals surface area contributed by atoms with Crippen LogP contribution in [0.3, 0.4) is 0 Å². The Labute approximate surface area is 120 Å². The zero-order valence-electron chi connectivity index (χ0n) is 12.6. The molecule has 1 saturated heterocycles. The Hall–Kier alpha value is -1.36. The molecular weight excluding hydrogens is 252 g/mol. The third-order valence-corrected chi connectivity index (χ3v) is 4.62. The number of carbonyl (C=O) groups is 1. The van der Waals surface area contributed by atoms with E-state index in [2.05, 4.69) is 28.7 Å². The van der Waals surface area contributed by atoms with Crippen molar-refractivity contribution in [1.82, 2.24) is 19.6 Å². The van der Waals surface area contributed by atoms with Crippen LogP contribution in [0.25, 0.3) is 0 Å². The maximum atomic E-state index is 12.5. The second-order valence-electron chi connectivity index (χ2n) is 6.35. The van der Waals surface area contributed by atoms with Gasteiger partial charge in [0.25, 0.3) is 0 Å². The third kappa shape index (κ3) is 2.59. The molecule has 0 unspecified atom stereocenters. The second kappa shape index (κ2) is 5.20. The van der Waals surface area contributed by atoms with Crippen molar-refractivity contribution in [3.05, 3.63) is 18.0 Å². The quantitative estimate of drug-likeness (QED) is 0.829. The van der Waals surface area contributed by atoms with Gasteiger partial charge >= 0.3 is 0 Å². The third-order valence-electron chi connectivity index (χ3n) is 4.62. The molecule has 3 rings (SSSR count). The zero-order chi connectivity index (χ0) is 14.3. The fourth-order valence-corrected chi connectivity index (χ4v) is 3.16. The van der Waals surface area contributed by atoms with Crippen molar-refractivity contribution in [3.8, 4) is 0 Å². The Kier molecular flexibility index (Phi) is 3.54. The van der Waals surface area contributed by atoms with Crippen molar-refractivity contribution in [2.75, 3.05) is 26.2 Å². The van der Waals surface area contributed by atoms with E-state index in [-0.39, 0.29) is 5.92 Å². The van der Waals surface area contributed by atoms with Gasteiger partial charge in [0.1, 0.15) is 0 Å². The molecule has 2 fully saturated rings. The van der Waals surface area contributed by atoms with Crippen LogP contribution in [0, 0.1) is 5.92 Å². The first-order valence-electron chi connectivity index (χ1n) is 7.57. The molecule has 0 bridgehead atoms. The number of aromatic nitrogens is 2. The van der Waals surface area contributed by atoms with Crippen molar-refractivity contribution < 1.29 is 4.79 Å². The predicted octanol–water partition coefficient (Wildman–Crippen LogP) is 1.08. The van der Waals surface area contributed by atoms with Gasteiger partial charge in [-0.1, -0.05) is 0 Å². The molecule has 2 atom stereocenters. The van der Waals surface area contributed by atoms with Crippen LogP contribution in [0.5, 0.6) is 0 Å². The number of hydrogen-bond acceptors (Lipinski definition) is 3. The Morgan fingerprint density at radius 2 is 2.00 bits per heavy atom. The minimum Gasteiger partial charge on any atom is -0.340 e. The molecule has 1 saturated carbocycles. The number of hydrogen-bond donors (Lipinski definition) is 0. The molecule has 1 aromatic rings. The Morgan fingerprint density at radius 3 is 2.55 bits per heavy atom. The van der Waals surface area contributed by atoms with Gasteiger partial charge in [-0.3, -0.25) is 14.4 Å². The van der Waals surface area contributed by atoms with E-state index < -0.39 is 0 Å². The molecule has 0 N–H and O–H groups in total. The highest BCUT2D eigenvalue weighted by molar-refractivity contribution is 5.83. The predicted molar refractivity (Wildman–Crippen MR) is 77.3 cm³/mol. The van der Waals surface area contributed by atoms with E-state index in [1.807, 2.05) is 24.1 Å². The average Bonchev–Trinajstić information content (AvgIpc) is 3.13. The summed E-state index contributed by atoms with van der Waals surface area (Å²) in [5, 5.41) is 4.20. The van der Waals surface area contributed by atoms with Gasteiger partial charge in [0.05, 0.1) is 6.20 Å². The summed E-state index contributed by atoms with van der Waals surface area (Å²) >= 11 is 0. The summed E-state index contributed by atoms with van der Waals surface area (Å²) < 4.78 is 1.82. The van der Waals surface area contributed by atoms with Crippen molar-refractivity contribution in [1.29, 1.82) is 0 Å². The lowest BCUT2D eigenvalue weighted by Gasteiger charge is -2.37. The van der Waals surface area contributed by atoms with Crippen molar-refractivity contribution in [3.63, 3.8) is 0 Å². The molecule has 1 aromatic heterocycles. The lowest BCUT2D eigenvalue weighted by Crippen LogP contribution is -2.51. The normalized spacial score (nSPS) is 27.1. The van der Waals surface area contributed by atoms with Crippen molar-refractivity contribution in [2.45, 2.75) is 32.2 Å². The zero-order valence-corrected chi connectivity index (χ0v) is 12.6. The molecular formula is C15H24N4O. The maximum Gasteiger partial charge on any atom is 0.226 e. The molecule has 20 heavy (non-hydrogen) atoms. The van der Waals surface area contributed by atoms with Crippen molar-refractivity contribution in [2.24, 2.45) is 13.0 Å². The summed E-state index contributed by atoms with van der Waals surface area (Å²) in [5.74, 6) is 0.950. The van der Waals surface area contributed by atoms with E-state index in [9.17, 15) is 4.79 Å². The lowest BCUT2D eigenvalue weighted by molar-refractivity contribution is -0.134. The molecule has 2 aliphatic rings. The number of aryl methyl sites for hydroxylation is 1. The van der Waals surface area contributed by atoms with Crippen LogP contribution >= 0.6 is 0 Å². The van der Waals surface area contributed by atoms with Gasteiger partial charge < -0.3 is 4.90 Å². The van der Waals surface area contributed by atoms with Gasteiger partial charge in [-0.25, -0.2) is 0 Å². The highest BCUT2D eigenvalue weighted by Crippen LogP contribution is 2.48. The van der Waals surface area contributed by atoms with E-state index in [0.29, 0.717) is 17.9 Å². The smallest absolute Gasteiger partial charge is 0.226 e. The molecule has 1 aliphatic heterocycles. The van der Waals surface area contributed by atoms with Crippen LogP contribution in [-0.2, 0) is 11.8 Å². The molecule has 2 heterocycles. The number of nitrogens with zero attached hydrogens (tertiary/aromatic N) is 4. The van der Waals surface area contributed by atoms with Crippen LogP contribution < -0.4 is 0 Å². The van der Waals surface area contributed by atoms with Gasteiger partial charge in [-0.15, -0.1) is 0 Å². The summed E-state index contributed by atoms with van der Waals surface area (Å²) in [5.41, 5.74) is 1.21. The van der Waals surface area contributed by atoms with Crippen molar-refractivity contribution >= 4 is 5.91 Å². The minimum absolute atomic E-state index is 0.199. The van der Waals surface area contributed by atoms with Gasteiger partial charge in [-0.2, -0.15) is 5.10 Å². The van der Waals surface area contributed by atoms with E-state index in [4.69, 9.17) is 0 Å². The van der Waals surface area contributed by atoms with Gasteiger partial charge in [0.15, 0.2) is 0 Å². The first-order chi connectivity index (χ1) is 9.56. The average molecular weight is 276 g/mol. The Morgan fingerprint density at radius 1 is 1.30 bits per heavy atom. The van der Waals surface area contributed by atoms with Gasteiger partial charge in [-0.05, 0) is 31.7 Å². The Balaban J connectivity index is 1.54. The monoisotopic (exact) mass is 276 g/mol. The fourth-order valence-electron chi connectivity index (χ4n) is 3.16. The SMILES string of the molecule is CC(C)N1CCN(C(=O)[C@H]2C[C@@H]2c2cnn(C)c2)CC1. The molecule has 0 spiro atoms. The topological polar surface area (TPSA) is 41.4 Å². The highest BCUT2D eigenvalue weighted by Gasteiger charge is 2.46. The minimum atomic E-state index is 0.199. The van der Waals surface area contributed by atoms with E-state index in [1.165, 1.54) is 5.56 Å². The van der Waals surface area contributed by atoms with Crippen LogP contribution in [-0.4, -0.2) is 57.7 Å². The number of amides is 1. The van der Waals surface area contributed by atoms with Gasteiger partial charge in [0.2, 0.25) is 5.91 Å². The molecule has 1 aliphatic carbocycles. The summed E-state index contributed by atoms with van der Waals surface area (Å²) in [4.78, 5) is 17.0. The standard InChI is InChI=1S/C15H24N4O/c1-11(2)18-4-6-19(7-5-18)15(20)14-8-13(14)12-9-16-17(3)10-12/h9-11,13-14H,4-8H2,1-3H3/t13-,14+/m1/s1. The first-order valence-corrected chi connectivity index (χ1v) is 7.57. The summed E-state index contributed by atoms with van der Waals surface area (Å²) in [6.07, 6.45) is 4.93. The van der Waals surface area contributed by atoms with Crippen LogP contribution in [0.1, 0.15) is 31.7 Å². The molecule has 5 nitrogen and oxygen atoms in total. The highest BCUT2D eigenvalue weighted by atomic mass is 16.2. The van der Waals surface area contributed by atoms with E-state index in [1.54, 1.807) is 0 Å². The van der Waals surface area contributed by atoms with Crippen LogP contribution in [0.4, 0.5) is 0 Å². The summed E-state index contributed by atoms with van der Waals surface area (Å²) in [7, 11) is 1.92. The molecule has 5 heteroatoms. The van der Waals surface area contributed by atoms with Gasteiger partial charge in [0, 0.05) is 51.4 Å². The largest absolute Gasteiger partial charge is 0.340 e. The Bertz CT molecular complexity index is 488. The number of piperazine rings is 1. The van der Waals surface area contributed by atoms with Crippen LogP contribution in [0.2, 0.25) is 0 Å².